The molecule has 0 unspecified atom stereocenters. The van der Waals surface area contributed by atoms with Gasteiger partial charge in [0.05, 0.1) is 12.7 Å². The topological polar surface area (TPSA) is 61.9 Å². The molecule has 2 heterocycles. The van der Waals surface area contributed by atoms with Crippen molar-refractivity contribution < 1.29 is 14.3 Å². The Morgan fingerprint density at radius 1 is 1.10 bits per heavy atom. The first-order valence-electron chi connectivity index (χ1n) is 11.0. The minimum atomic E-state index is -0.640. The molecular formula is C25H31N3O3. The predicted molar refractivity (Wildman–Crippen MR) is 119 cm³/mol. The van der Waals surface area contributed by atoms with Gasteiger partial charge in [-0.2, -0.15) is 0 Å². The van der Waals surface area contributed by atoms with Crippen LogP contribution in [0.3, 0.4) is 0 Å². The van der Waals surface area contributed by atoms with Crippen LogP contribution in [0.15, 0.2) is 48.5 Å². The van der Waals surface area contributed by atoms with E-state index in [9.17, 15) is 9.59 Å². The van der Waals surface area contributed by atoms with Crippen molar-refractivity contribution in [2.45, 2.75) is 52.1 Å². The van der Waals surface area contributed by atoms with E-state index in [-0.39, 0.29) is 11.8 Å². The van der Waals surface area contributed by atoms with Gasteiger partial charge in [-0.05, 0) is 37.5 Å². The van der Waals surface area contributed by atoms with Gasteiger partial charge in [-0.3, -0.25) is 14.5 Å². The molecule has 1 N–H and O–H groups in total. The number of nitrogens with one attached hydrogen (secondary N) is 1. The fourth-order valence-corrected chi connectivity index (χ4v) is 4.44. The number of benzene rings is 2. The Balaban J connectivity index is 1.37. The number of hydrogen-bond donors (Lipinski definition) is 1. The van der Waals surface area contributed by atoms with Crippen LogP contribution >= 0.6 is 0 Å². The van der Waals surface area contributed by atoms with Gasteiger partial charge >= 0.3 is 0 Å². The van der Waals surface area contributed by atoms with Crippen molar-refractivity contribution in [2.24, 2.45) is 0 Å². The van der Waals surface area contributed by atoms with E-state index in [2.05, 4.69) is 42.3 Å². The largest absolute Gasteiger partial charge is 0.371 e. The number of piperazine rings is 2. The van der Waals surface area contributed by atoms with Gasteiger partial charge in [0.15, 0.2) is 0 Å². The monoisotopic (exact) mass is 421 g/mol. The molecule has 4 rings (SSSR count). The molecular weight excluding hydrogens is 390 g/mol. The second-order valence-corrected chi connectivity index (χ2v) is 8.70. The Morgan fingerprint density at radius 3 is 2.61 bits per heavy atom. The molecule has 3 atom stereocenters. The molecule has 2 aromatic carbocycles. The average molecular weight is 422 g/mol. The average Bonchev–Trinajstić information content (AvgIpc) is 2.77. The maximum Gasteiger partial charge on any atom is 0.248 e. The standard InChI is InChI=1S/C25H31N3O3/c1-17-9-10-21(18(2)13-17)14-27-11-12-28-22(15-27)24(29)26-23(25(28)30)19(3)31-16-20-7-5-4-6-8-20/h4-10,13,19,22-23H,11-12,14-16H2,1-3H3,(H,26,29)/t19-,22-,23+/m1/s1. The van der Waals surface area contributed by atoms with E-state index in [4.69, 9.17) is 4.74 Å². The first-order chi connectivity index (χ1) is 14.9. The number of rotatable bonds is 6. The van der Waals surface area contributed by atoms with Crippen LogP contribution in [0.1, 0.15) is 29.2 Å². The van der Waals surface area contributed by atoms with Crippen LogP contribution in [0.2, 0.25) is 0 Å². The number of carbonyl (C=O) groups is 2. The molecule has 6 nitrogen and oxygen atoms in total. The zero-order valence-electron chi connectivity index (χ0n) is 18.5. The lowest BCUT2D eigenvalue weighted by molar-refractivity contribution is -0.157. The first kappa shape index (κ1) is 21.5. The lowest BCUT2D eigenvalue weighted by Crippen LogP contribution is -2.71. The molecule has 2 fully saturated rings. The van der Waals surface area contributed by atoms with Crippen molar-refractivity contribution in [3.8, 4) is 0 Å². The maximum absolute atomic E-state index is 13.1. The van der Waals surface area contributed by atoms with Gasteiger partial charge in [0.1, 0.15) is 12.1 Å². The number of hydrogen-bond acceptors (Lipinski definition) is 4. The van der Waals surface area contributed by atoms with Crippen molar-refractivity contribution >= 4 is 11.8 Å². The highest BCUT2D eigenvalue weighted by molar-refractivity contribution is 5.97. The Bertz CT molecular complexity index is 946. The molecule has 0 aliphatic carbocycles. The summed E-state index contributed by atoms with van der Waals surface area (Å²) in [6.45, 7) is 9.13. The molecule has 0 aromatic heterocycles. The molecule has 0 bridgehead atoms. The fourth-order valence-electron chi connectivity index (χ4n) is 4.44. The fraction of sp³-hybridized carbons (Fsp3) is 0.440. The minimum absolute atomic E-state index is 0.0451. The highest BCUT2D eigenvalue weighted by atomic mass is 16.5. The smallest absolute Gasteiger partial charge is 0.248 e. The number of ether oxygens (including phenoxy) is 1. The summed E-state index contributed by atoms with van der Waals surface area (Å²) >= 11 is 0. The molecule has 0 saturated carbocycles. The number of fused-ring (bicyclic) bond motifs is 1. The number of aryl methyl sites for hydroxylation is 2. The molecule has 6 heteroatoms. The summed E-state index contributed by atoms with van der Waals surface area (Å²) in [6, 6.07) is 15.2. The summed E-state index contributed by atoms with van der Waals surface area (Å²) in [5.74, 6) is -0.138. The van der Waals surface area contributed by atoms with E-state index in [1.165, 1.54) is 16.7 Å². The van der Waals surface area contributed by atoms with Crippen LogP contribution in [-0.4, -0.2) is 59.4 Å². The quantitative estimate of drug-likeness (QED) is 0.778. The van der Waals surface area contributed by atoms with Crippen LogP contribution in [-0.2, 0) is 27.5 Å². The van der Waals surface area contributed by atoms with Crippen LogP contribution < -0.4 is 5.32 Å². The van der Waals surface area contributed by atoms with Crippen LogP contribution in [0.4, 0.5) is 0 Å². The van der Waals surface area contributed by atoms with Gasteiger partial charge in [-0.15, -0.1) is 0 Å². The summed E-state index contributed by atoms with van der Waals surface area (Å²) in [4.78, 5) is 30.0. The van der Waals surface area contributed by atoms with Crippen molar-refractivity contribution in [1.29, 1.82) is 0 Å². The summed E-state index contributed by atoms with van der Waals surface area (Å²) in [6.07, 6.45) is -0.397. The number of amides is 2. The van der Waals surface area contributed by atoms with E-state index in [1.807, 2.05) is 37.3 Å². The highest BCUT2D eigenvalue weighted by Crippen LogP contribution is 2.21. The van der Waals surface area contributed by atoms with Crippen LogP contribution in [0.25, 0.3) is 0 Å². The number of nitrogens with zero attached hydrogens (tertiary/aromatic N) is 2. The Labute approximate surface area is 184 Å². The lowest BCUT2D eigenvalue weighted by Gasteiger charge is -2.46. The van der Waals surface area contributed by atoms with E-state index in [1.54, 1.807) is 4.90 Å². The van der Waals surface area contributed by atoms with Crippen molar-refractivity contribution in [3.05, 3.63) is 70.8 Å². The molecule has 2 aliphatic heterocycles. The van der Waals surface area contributed by atoms with Gasteiger partial charge in [0.2, 0.25) is 11.8 Å². The maximum atomic E-state index is 13.1. The Morgan fingerprint density at radius 2 is 1.87 bits per heavy atom. The normalized spacial score (nSPS) is 22.7. The van der Waals surface area contributed by atoms with E-state index in [0.717, 1.165) is 18.7 Å². The summed E-state index contributed by atoms with van der Waals surface area (Å²) in [5, 5.41) is 2.92. The van der Waals surface area contributed by atoms with Crippen molar-refractivity contribution in [2.75, 3.05) is 19.6 Å². The SMILES string of the molecule is Cc1ccc(CN2CCN3C(=O)[C@H]([C@@H](C)OCc4ccccc4)NC(=O)[C@H]3C2)c(C)c1. The van der Waals surface area contributed by atoms with Gasteiger partial charge in [-0.25, -0.2) is 0 Å². The van der Waals surface area contributed by atoms with Crippen LogP contribution in [0, 0.1) is 13.8 Å². The highest BCUT2D eigenvalue weighted by Gasteiger charge is 2.45. The second-order valence-electron chi connectivity index (χ2n) is 8.70. The zero-order valence-corrected chi connectivity index (χ0v) is 18.5. The zero-order chi connectivity index (χ0) is 22.0. The van der Waals surface area contributed by atoms with Crippen LogP contribution in [0.5, 0.6) is 0 Å². The Kier molecular flexibility index (Phi) is 6.39. The number of carbonyl (C=O) groups excluding carboxylic acids is 2. The molecule has 2 aliphatic rings. The third-order valence-corrected chi connectivity index (χ3v) is 6.33. The van der Waals surface area contributed by atoms with E-state index in [0.29, 0.717) is 19.7 Å². The summed E-state index contributed by atoms with van der Waals surface area (Å²) in [5.41, 5.74) is 4.82. The summed E-state index contributed by atoms with van der Waals surface area (Å²) in [7, 11) is 0. The van der Waals surface area contributed by atoms with Gasteiger partial charge in [-0.1, -0.05) is 54.1 Å². The first-order valence-corrected chi connectivity index (χ1v) is 11.0. The third-order valence-electron chi connectivity index (χ3n) is 6.33. The van der Waals surface area contributed by atoms with Gasteiger partial charge in [0.25, 0.3) is 0 Å². The third kappa shape index (κ3) is 4.81. The van der Waals surface area contributed by atoms with Crippen molar-refractivity contribution in [3.63, 3.8) is 0 Å². The molecule has 31 heavy (non-hydrogen) atoms. The summed E-state index contributed by atoms with van der Waals surface area (Å²) < 4.78 is 5.92. The Hall–Kier alpha value is -2.70. The molecule has 164 valence electrons. The second kappa shape index (κ2) is 9.20. The molecule has 0 radical (unpaired) electrons. The predicted octanol–water partition coefficient (Wildman–Crippen LogP) is 2.42. The molecule has 2 aromatic rings. The van der Waals surface area contributed by atoms with Crippen molar-refractivity contribution in [1.82, 2.24) is 15.1 Å². The lowest BCUT2D eigenvalue weighted by atomic mass is 10.00. The molecule has 2 amide bonds. The van der Waals surface area contributed by atoms with Gasteiger partial charge in [0, 0.05) is 26.2 Å². The van der Waals surface area contributed by atoms with E-state index < -0.39 is 18.2 Å². The van der Waals surface area contributed by atoms with E-state index >= 15 is 0 Å². The van der Waals surface area contributed by atoms with Gasteiger partial charge < -0.3 is 15.0 Å². The minimum Gasteiger partial charge on any atom is -0.371 e. The molecule has 0 spiro atoms. The molecule has 2 saturated heterocycles.